The van der Waals surface area contributed by atoms with Gasteiger partial charge in [0.1, 0.15) is 0 Å². The van der Waals surface area contributed by atoms with Gasteiger partial charge in [0, 0.05) is 18.6 Å². The lowest BCUT2D eigenvalue weighted by molar-refractivity contribution is 0.430. The number of anilines is 1. The van der Waals surface area contributed by atoms with E-state index in [2.05, 4.69) is 28.9 Å². The maximum absolute atomic E-state index is 6.05. The van der Waals surface area contributed by atoms with E-state index in [-0.39, 0.29) is 6.04 Å². The standard InChI is InChI=1S/C17H27N3/c1-2-15(18)16-10-9-14(12-19-16)20-11-5-8-17(20)13-6-3-4-7-13/h9-10,12-13,15,17H,2-8,11,18H2,1H3. The summed E-state index contributed by atoms with van der Waals surface area (Å²) in [5, 5.41) is 0. The summed E-state index contributed by atoms with van der Waals surface area (Å²) >= 11 is 0. The van der Waals surface area contributed by atoms with Crippen LogP contribution in [0.2, 0.25) is 0 Å². The molecule has 1 saturated heterocycles. The Morgan fingerprint density at radius 1 is 1.25 bits per heavy atom. The minimum absolute atomic E-state index is 0.0771. The van der Waals surface area contributed by atoms with Crippen LogP contribution in [0.4, 0.5) is 5.69 Å². The van der Waals surface area contributed by atoms with Crippen molar-refractivity contribution in [1.82, 2.24) is 4.98 Å². The van der Waals surface area contributed by atoms with Crippen LogP contribution in [0.1, 0.15) is 63.6 Å². The monoisotopic (exact) mass is 273 g/mol. The van der Waals surface area contributed by atoms with Gasteiger partial charge < -0.3 is 10.6 Å². The first kappa shape index (κ1) is 13.9. The summed E-state index contributed by atoms with van der Waals surface area (Å²) in [5.41, 5.74) is 8.37. The van der Waals surface area contributed by atoms with E-state index in [1.807, 2.05) is 6.20 Å². The van der Waals surface area contributed by atoms with Crippen molar-refractivity contribution in [3.05, 3.63) is 24.0 Å². The molecule has 1 aromatic rings. The average molecular weight is 273 g/mol. The third-order valence-corrected chi connectivity index (χ3v) is 5.17. The van der Waals surface area contributed by atoms with E-state index >= 15 is 0 Å². The van der Waals surface area contributed by atoms with Crippen LogP contribution in [0.15, 0.2) is 18.3 Å². The first-order chi connectivity index (χ1) is 9.79. The van der Waals surface area contributed by atoms with Crippen molar-refractivity contribution in [3.63, 3.8) is 0 Å². The molecule has 110 valence electrons. The highest BCUT2D eigenvalue weighted by atomic mass is 15.2. The van der Waals surface area contributed by atoms with E-state index in [1.165, 1.54) is 50.8 Å². The van der Waals surface area contributed by atoms with Gasteiger partial charge in [-0.05, 0) is 50.2 Å². The molecule has 0 radical (unpaired) electrons. The van der Waals surface area contributed by atoms with E-state index in [0.29, 0.717) is 0 Å². The third kappa shape index (κ3) is 2.69. The van der Waals surface area contributed by atoms with Crippen LogP contribution in [0, 0.1) is 5.92 Å². The second-order valence-corrected chi connectivity index (χ2v) is 6.40. The molecular formula is C17H27N3. The lowest BCUT2D eigenvalue weighted by Crippen LogP contribution is -2.34. The number of rotatable bonds is 4. The molecule has 0 spiro atoms. The minimum Gasteiger partial charge on any atom is -0.367 e. The molecule has 1 aliphatic heterocycles. The fraction of sp³-hybridized carbons (Fsp3) is 0.706. The van der Waals surface area contributed by atoms with Gasteiger partial charge in [0.15, 0.2) is 0 Å². The van der Waals surface area contributed by atoms with Crippen LogP contribution >= 0.6 is 0 Å². The van der Waals surface area contributed by atoms with Gasteiger partial charge in [0.2, 0.25) is 0 Å². The Hall–Kier alpha value is -1.09. The second kappa shape index (κ2) is 6.13. The first-order valence-electron chi connectivity index (χ1n) is 8.27. The van der Waals surface area contributed by atoms with Crippen LogP contribution in [0.25, 0.3) is 0 Å². The molecule has 0 amide bonds. The Balaban J connectivity index is 1.74. The van der Waals surface area contributed by atoms with Gasteiger partial charge in [-0.15, -0.1) is 0 Å². The quantitative estimate of drug-likeness (QED) is 0.910. The maximum Gasteiger partial charge on any atom is 0.0572 e. The molecule has 1 saturated carbocycles. The molecule has 2 N–H and O–H groups in total. The zero-order valence-corrected chi connectivity index (χ0v) is 12.6. The van der Waals surface area contributed by atoms with Crippen molar-refractivity contribution in [3.8, 4) is 0 Å². The largest absolute Gasteiger partial charge is 0.367 e. The van der Waals surface area contributed by atoms with Crippen LogP contribution in [0.5, 0.6) is 0 Å². The van der Waals surface area contributed by atoms with Gasteiger partial charge >= 0.3 is 0 Å². The Bertz CT molecular complexity index is 422. The fourth-order valence-electron chi connectivity index (χ4n) is 3.94. The highest BCUT2D eigenvalue weighted by Crippen LogP contribution is 2.37. The summed E-state index contributed by atoms with van der Waals surface area (Å²) in [7, 11) is 0. The van der Waals surface area contributed by atoms with E-state index in [1.54, 1.807) is 0 Å². The van der Waals surface area contributed by atoms with E-state index < -0.39 is 0 Å². The molecule has 2 fully saturated rings. The number of hydrogen-bond acceptors (Lipinski definition) is 3. The number of pyridine rings is 1. The normalized spacial score (nSPS) is 25.3. The van der Waals surface area contributed by atoms with E-state index in [4.69, 9.17) is 5.73 Å². The summed E-state index contributed by atoms with van der Waals surface area (Å²) in [5.74, 6) is 0.912. The van der Waals surface area contributed by atoms with Crippen LogP contribution in [0.3, 0.4) is 0 Å². The van der Waals surface area contributed by atoms with Crippen molar-refractivity contribution >= 4 is 5.69 Å². The van der Waals surface area contributed by atoms with Gasteiger partial charge in [-0.25, -0.2) is 0 Å². The highest BCUT2D eigenvalue weighted by molar-refractivity contribution is 5.47. The highest BCUT2D eigenvalue weighted by Gasteiger charge is 2.33. The van der Waals surface area contributed by atoms with Crippen molar-refractivity contribution < 1.29 is 0 Å². The summed E-state index contributed by atoms with van der Waals surface area (Å²) in [6, 6.07) is 5.18. The lowest BCUT2D eigenvalue weighted by atomic mass is 9.96. The number of aromatic nitrogens is 1. The Morgan fingerprint density at radius 3 is 2.70 bits per heavy atom. The molecule has 20 heavy (non-hydrogen) atoms. The molecule has 2 unspecified atom stereocenters. The van der Waals surface area contributed by atoms with Crippen LogP contribution in [-0.4, -0.2) is 17.6 Å². The summed E-state index contributed by atoms with van der Waals surface area (Å²) in [6.07, 6.45) is 11.4. The van der Waals surface area contributed by atoms with Crippen molar-refractivity contribution in [2.45, 2.75) is 64.0 Å². The molecule has 2 heterocycles. The second-order valence-electron chi connectivity index (χ2n) is 6.40. The summed E-state index contributed by atoms with van der Waals surface area (Å²) in [4.78, 5) is 7.19. The predicted molar refractivity (Wildman–Crippen MR) is 83.8 cm³/mol. The first-order valence-corrected chi connectivity index (χ1v) is 8.27. The number of nitrogens with two attached hydrogens (primary N) is 1. The zero-order chi connectivity index (χ0) is 13.9. The molecule has 1 aromatic heterocycles. The van der Waals surface area contributed by atoms with Crippen molar-refractivity contribution in [2.24, 2.45) is 11.7 Å². The SMILES string of the molecule is CCC(N)c1ccc(N2CCCC2C2CCCC2)cn1. The smallest absolute Gasteiger partial charge is 0.0572 e. The van der Waals surface area contributed by atoms with Gasteiger partial charge in [-0.1, -0.05) is 19.8 Å². The summed E-state index contributed by atoms with van der Waals surface area (Å²) < 4.78 is 0. The van der Waals surface area contributed by atoms with Crippen LogP contribution < -0.4 is 10.6 Å². The van der Waals surface area contributed by atoms with Gasteiger partial charge in [0.05, 0.1) is 17.6 Å². The molecule has 3 heteroatoms. The minimum atomic E-state index is 0.0771. The van der Waals surface area contributed by atoms with Crippen molar-refractivity contribution in [2.75, 3.05) is 11.4 Å². The van der Waals surface area contributed by atoms with Crippen LogP contribution in [-0.2, 0) is 0 Å². The van der Waals surface area contributed by atoms with E-state index in [0.717, 1.165) is 24.1 Å². The molecule has 3 nitrogen and oxygen atoms in total. The molecule has 0 aromatic carbocycles. The fourth-order valence-corrected chi connectivity index (χ4v) is 3.94. The van der Waals surface area contributed by atoms with Gasteiger partial charge in [0.25, 0.3) is 0 Å². The number of hydrogen-bond donors (Lipinski definition) is 1. The molecule has 2 aliphatic rings. The molecular weight excluding hydrogens is 246 g/mol. The summed E-state index contributed by atoms with van der Waals surface area (Å²) in [6.45, 7) is 3.30. The lowest BCUT2D eigenvalue weighted by Gasteiger charge is -2.31. The maximum atomic E-state index is 6.05. The number of nitrogens with zero attached hydrogens (tertiary/aromatic N) is 2. The van der Waals surface area contributed by atoms with Crippen molar-refractivity contribution in [1.29, 1.82) is 0 Å². The third-order valence-electron chi connectivity index (χ3n) is 5.17. The Labute approximate surface area is 122 Å². The topological polar surface area (TPSA) is 42.1 Å². The Kier molecular flexibility index (Phi) is 4.25. The van der Waals surface area contributed by atoms with E-state index in [9.17, 15) is 0 Å². The molecule has 1 aliphatic carbocycles. The Morgan fingerprint density at radius 2 is 2.05 bits per heavy atom. The average Bonchev–Trinajstić information content (AvgIpc) is 3.16. The predicted octanol–water partition coefficient (Wildman–Crippen LogP) is 3.65. The zero-order valence-electron chi connectivity index (χ0n) is 12.6. The van der Waals surface area contributed by atoms with Gasteiger partial charge in [-0.3, -0.25) is 4.98 Å². The van der Waals surface area contributed by atoms with Gasteiger partial charge in [-0.2, -0.15) is 0 Å². The molecule has 0 bridgehead atoms. The molecule has 3 rings (SSSR count). The molecule has 2 atom stereocenters.